The minimum absolute atomic E-state index is 0.274. The monoisotopic (exact) mass is 306 g/mol. The van der Waals surface area contributed by atoms with E-state index >= 15 is 0 Å². The molecule has 0 spiro atoms. The van der Waals surface area contributed by atoms with E-state index in [0.29, 0.717) is 18.6 Å². The predicted octanol–water partition coefficient (Wildman–Crippen LogP) is 4.77. The summed E-state index contributed by atoms with van der Waals surface area (Å²) >= 11 is 0. The Labute approximate surface area is 129 Å². The van der Waals surface area contributed by atoms with Gasteiger partial charge in [-0.2, -0.15) is 0 Å². The molecule has 0 aliphatic heterocycles. The molecular weight excluding hydrogens is 280 g/mol. The average Bonchev–Trinajstić information content (AvgIpc) is 2.55. The minimum atomic E-state index is -1.55. The molecule has 21 heavy (non-hydrogen) atoms. The second-order valence-corrected chi connectivity index (χ2v) is 9.75. The van der Waals surface area contributed by atoms with Gasteiger partial charge in [-0.15, -0.1) is 0 Å². The van der Waals surface area contributed by atoms with Gasteiger partial charge in [-0.25, -0.2) is 4.79 Å². The number of hydrogen-bond acceptors (Lipinski definition) is 3. The molecule has 116 valence electrons. The van der Waals surface area contributed by atoms with Crippen LogP contribution in [0.5, 0.6) is 0 Å². The highest BCUT2D eigenvalue weighted by Crippen LogP contribution is 2.21. The summed E-state index contributed by atoms with van der Waals surface area (Å²) in [5.74, 6) is -0.274. The van der Waals surface area contributed by atoms with Crippen molar-refractivity contribution in [1.29, 1.82) is 0 Å². The third-order valence-corrected chi connectivity index (χ3v) is 8.38. The molecule has 1 aromatic carbocycles. The Morgan fingerprint density at radius 2 is 1.71 bits per heavy atom. The Bertz CT molecular complexity index is 430. The normalized spacial score (nSPS) is 11.6. The fourth-order valence-corrected chi connectivity index (χ4v) is 4.52. The van der Waals surface area contributed by atoms with Crippen molar-refractivity contribution in [2.45, 2.75) is 45.3 Å². The van der Waals surface area contributed by atoms with Gasteiger partial charge >= 0.3 is 5.97 Å². The van der Waals surface area contributed by atoms with E-state index in [2.05, 4.69) is 20.8 Å². The molecule has 4 heteroatoms. The average molecular weight is 306 g/mol. The zero-order valence-electron chi connectivity index (χ0n) is 13.3. The van der Waals surface area contributed by atoms with Crippen molar-refractivity contribution in [3.63, 3.8) is 0 Å². The first kappa shape index (κ1) is 17.5. The SMILES string of the molecule is CC[Si](CC)(CC)O/C=C/CCOC(=O)c1ccccc1. The Kier molecular flexibility index (Phi) is 7.83. The van der Waals surface area contributed by atoms with Gasteiger partial charge in [0.1, 0.15) is 0 Å². The summed E-state index contributed by atoms with van der Waals surface area (Å²) in [4.78, 5) is 11.7. The van der Waals surface area contributed by atoms with Gasteiger partial charge < -0.3 is 9.16 Å². The smallest absolute Gasteiger partial charge is 0.338 e. The number of ether oxygens (including phenoxy) is 1. The van der Waals surface area contributed by atoms with Crippen molar-refractivity contribution in [2.75, 3.05) is 6.61 Å². The molecule has 0 saturated heterocycles. The number of carbonyl (C=O) groups is 1. The van der Waals surface area contributed by atoms with Crippen molar-refractivity contribution in [3.05, 3.63) is 48.2 Å². The maximum atomic E-state index is 11.7. The van der Waals surface area contributed by atoms with Crippen molar-refractivity contribution in [3.8, 4) is 0 Å². The molecule has 0 aliphatic carbocycles. The highest BCUT2D eigenvalue weighted by Gasteiger charge is 2.28. The molecule has 0 fully saturated rings. The van der Waals surface area contributed by atoms with Crippen molar-refractivity contribution in [1.82, 2.24) is 0 Å². The number of benzene rings is 1. The molecular formula is C17H26O3Si. The third-order valence-electron chi connectivity index (χ3n) is 3.87. The van der Waals surface area contributed by atoms with Gasteiger partial charge in [-0.05, 0) is 36.3 Å². The van der Waals surface area contributed by atoms with Gasteiger partial charge in [0.15, 0.2) is 0 Å². The molecule has 0 N–H and O–H groups in total. The number of hydrogen-bond donors (Lipinski definition) is 0. The molecule has 0 unspecified atom stereocenters. The predicted molar refractivity (Wildman–Crippen MR) is 88.8 cm³/mol. The molecule has 0 saturated carbocycles. The molecule has 0 radical (unpaired) electrons. The fraction of sp³-hybridized carbons (Fsp3) is 0.471. The molecule has 0 amide bonds. The van der Waals surface area contributed by atoms with E-state index in [1.165, 1.54) is 0 Å². The molecule has 1 aromatic rings. The van der Waals surface area contributed by atoms with E-state index in [9.17, 15) is 4.79 Å². The maximum Gasteiger partial charge on any atom is 0.338 e. The van der Waals surface area contributed by atoms with Crippen LogP contribution in [0.1, 0.15) is 37.6 Å². The second kappa shape index (κ2) is 9.40. The van der Waals surface area contributed by atoms with Gasteiger partial charge in [0.2, 0.25) is 8.32 Å². The molecule has 0 bridgehead atoms. The first-order valence-electron chi connectivity index (χ1n) is 7.72. The Morgan fingerprint density at radius 1 is 1.10 bits per heavy atom. The van der Waals surface area contributed by atoms with Crippen LogP contribution in [0.25, 0.3) is 0 Å². The Hall–Kier alpha value is -1.55. The first-order valence-corrected chi connectivity index (χ1v) is 10.3. The van der Waals surface area contributed by atoms with Gasteiger partial charge in [-0.3, -0.25) is 0 Å². The van der Waals surface area contributed by atoms with Crippen LogP contribution < -0.4 is 0 Å². The number of esters is 1. The molecule has 0 aromatic heterocycles. The Balaban J connectivity index is 2.28. The van der Waals surface area contributed by atoms with Gasteiger partial charge in [0.25, 0.3) is 0 Å². The zero-order valence-corrected chi connectivity index (χ0v) is 14.3. The number of rotatable bonds is 9. The zero-order chi connectivity index (χ0) is 15.6. The summed E-state index contributed by atoms with van der Waals surface area (Å²) in [5.41, 5.74) is 0.590. The van der Waals surface area contributed by atoms with Crippen LogP contribution in [0, 0.1) is 0 Å². The lowest BCUT2D eigenvalue weighted by molar-refractivity contribution is 0.0511. The van der Waals surface area contributed by atoms with Crippen LogP contribution in [0.2, 0.25) is 18.1 Å². The van der Waals surface area contributed by atoms with Gasteiger partial charge in [0.05, 0.1) is 18.4 Å². The van der Waals surface area contributed by atoms with E-state index in [0.717, 1.165) is 18.1 Å². The minimum Gasteiger partial charge on any atom is -0.549 e. The van der Waals surface area contributed by atoms with E-state index in [1.54, 1.807) is 18.4 Å². The summed E-state index contributed by atoms with van der Waals surface area (Å²) in [6.45, 7) is 6.99. The molecule has 0 atom stereocenters. The Morgan fingerprint density at radius 3 is 2.29 bits per heavy atom. The van der Waals surface area contributed by atoms with Crippen LogP contribution >= 0.6 is 0 Å². The number of carbonyl (C=O) groups excluding carboxylic acids is 1. The summed E-state index contributed by atoms with van der Waals surface area (Å²) in [6, 6.07) is 12.4. The highest BCUT2D eigenvalue weighted by molar-refractivity contribution is 6.73. The largest absolute Gasteiger partial charge is 0.549 e. The third kappa shape index (κ3) is 5.75. The van der Waals surface area contributed by atoms with Crippen molar-refractivity contribution >= 4 is 14.3 Å². The summed E-state index contributed by atoms with van der Waals surface area (Å²) in [5, 5.41) is 0. The lowest BCUT2D eigenvalue weighted by Crippen LogP contribution is -2.33. The van der Waals surface area contributed by atoms with Crippen LogP contribution in [0.4, 0.5) is 0 Å². The van der Waals surface area contributed by atoms with E-state index in [4.69, 9.17) is 9.16 Å². The van der Waals surface area contributed by atoms with E-state index < -0.39 is 8.32 Å². The highest BCUT2D eigenvalue weighted by atomic mass is 28.4. The second-order valence-electron chi connectivity index (χ2n) is 5.02. The topological polar surface area (TPSA) is 35.5 Å². The van der Waals surface area contributed by atoms with Gasteiger partial charge in [0, 0.05) is 6.42 Å². The van der Waals surface area contributed by atoms with Crippen molar-refractivity contribution in [2.24, 2.45) is 0 Å². The molecule has 3 nitrogen and oxygen atoms in total. The molecule has 0 aliphatic rings. The molecule has 0 heterocycles. The lowest BCUT2D eigenvalue weighted by Gasteiger charge is -2.26. The van der Waals surface area contributed by atoms with E-state index in [1.807, 2.05) is 24.3 Å². The van der Waals surface area contributed by atoms with Crippen LogP contribution in [-0.4, -0.2) is 20.9 Å². The van der Waals surface area contributed by atoms with Crippen LogP contribution in [0.3, 0.4) is 0 Å². The summed E-state index contributed by atoms with van der Waals surface area (Å²) in [7, 11) is -1.55. The van der Waals surface area contributed by atoms with Crippen molar-refractivity contribution < 1.29 is 14.0 Å². The lowest BCUT2D eigenvalue weighted by atomic mass is 10.2. The fourth-order valence-electron chi connectivity index (χ4n) is 2.14. The summed E-state index contributed by atoms with van der Waals surface area (Å²) < 4.78 is 11.2. The first-order chi connectivity index (χ1) is 10.2. The summed E-state index contributed by atoms with van der Waals surface area (Å²) in [6.07, 6.45) is 4.43. The van der Waals surface area contributed by atoms with E-state index in [-0.39, 0.29) is 5.97 Å². The standard InChI is InChI=1S/C17H26O3Si/c1-4-21(5-2,6-3)20-15-11-10-14-19-17(18)16-12-8-7-9-13-16/h7-9,11-13,15H,4-6,10,14H2,1-3H3/b15-11+. The van der Waals surface area contributed by atoms with Crippen LogP contribution in [0.15, 0.2) is 42.7 Å². The molecule has 1 rings (SSSR count). The quantitative estimate of drug-likeness (QED) is 0.285. The van der Waals surface area contributed by atoms with Gasteiger partial charge in [-0.1, -0.05) is 39.0 Å². The van der Waals surface area contributed by atoms with Crippen LogP contribution in [-0.2, 0) is 9.16 Å². The maximum absolute atomic E-state index is 11.7.